The highest BCUT2D eigenvalue weighted by molar-refractivity contribution is 6.31. The Balaban J connectivity index is 0.000000649. The number of halogens is 6. The third-order valence-electron chi connectivity index (χ3n) is 4.17. The van der Waals surface area contributed by atoms with Gasteiger partial charge in [0.2, 0.25) is 5.78 Å². The molecule has 1 aromatic heterocycles. The van der Waals surface area contributed by atoms with Gasteiger partial charge in [0.25, 0.3) is 0 Å². The largest absolute Gasteiger partial charge is 0.496 e. The number of aliphatic hydroxyl groups excluding tert-OH is 1. The van der Waals surface area contributed by atoms with Gasteiger partial charge in [-0.1, -0.05) is 34.8 Å². The predicted octanol–water partition coefficient (Wildman–Crippen LogP) is 6.64. The SMILES string of the molecule is C=O.CCO.CNc1cc(Cl)cnc1C(=O)c1cc(F)ccc1OC.Cc1ccc(Cl)c(C(F)(F)F)c1. The summed E-state index contributed by atoms with van der Waals surface area (Å²) in [6.45, 7) is 5.52. The summed E-state index contributed by atoms with van der Waals surface area (Å²) in [5, 5.41) is 10.5. The van der Waals surface area contributed by atoms with Crippen LogP contribution in [0, 0.1) is 12.7 Å². The van der Waals surface area contributed by atoms with Gasteiger partial charge in [0.15, 0.2) is 0 Å². The van der Waals surface area contributed by atoms with Crippen molar-refractivity contribution in [2.24, 2.45) is 0 Å². The Kier molecular flexibility index (Phi) is 15.1. The number of hydrogen-bond acceptors (Lipinski definition) is 6. The summed E-state index contributed by atoms with van der Waals surface area (Å²) >= 11 is 11.2. The highest BCUT2D eigenvalue weighted by atomic mass is 35.5. The minimum absolute atomic E-state index is 0.110. The number of rotatable bonds is 4. The summed E-state index contributed by atoms with van der Waals surface area (Å²) in [7, 11) is 3.06. The number of carbonyl (C=O) groups is 2. The first-order valence-electron chi connectivity index (χ1n) is 10.3. The zero-order chi connectivity index (χ0) is 28.8. The third kappa shape index (κ3) is 10.7. The van der Waals surface area contributed by atoms with Gasteiger partial charge < -0.3 is 20.0 Å². The van der Waals surface area contributed by atoms with Gasteiger partial charge in [-0.15, -0.1) is 0 Å². The highest BCUT2D eigenvalue weighted by Gasteiger charge is 2.32. The molecule has 6 nitrogen and oxygen atoms in total. The number of ether oxygens (including phenoxy) is 1. The van der Waals surface area contributed by atoms with Crippen molar-refractivity contribution in [3.05, 3.63) is 86.9 Å². The van der Waals surface area contributed by atoms with Crippen LogP contribution in [0.2, 0.25) is 10.0 Å². The first-order valence-corrected chi connectivity index (χ1v) is 11.1. The zero-order valence-corrected chi connectivity index (χ0v) is 21.9. The van der Waals surface area contributed by atoms with E-state index in [4.69, 9.17) is 37.8 Å². The maximum absolute atomic E-state index is 13.3. The first-order chi connectivity index (χ1) is 17.4. The van der Waals surface area contributed by atoms with Crippen LogP contribution in [-0.4, -0.2) is 43.4 Å². The molecular formula is C25H26Cl2F4N2O4. The molecule has 0 aliphatic rings. The monoisotopic (exact) mass is 564 g/mol. The Labute approximate surface area is 222 Å². The third-order valence-corrected chi connectivity index (χ3v) is 4.71. The van der Waals surface area contributed by atoms with Crippen molar-refractivity contribution in [1.29, 1.82) is 0 Å². The van der Waals surface area contributed by atoms with Crippen LogP contribution in [-0.2, 0) is 11.0 Å². The Hall–Kier alpha value is -3.21. The number of carbonyl (C=O) groups excluding carboxylic acids is 2. The lowest BCUT2D eigenvalue weighted by Gasteiger charge is -2.10. The number of anilines is 1. The molecular weight excluding hydrogens is 539 g/mol. The lowest BCUT2D eigenvalue weighted by molar-refractivity contribution is -0.137. The van der Waals surface area contributed by atoms with Gasteiger partial charge in [-0.25, -0.2) is 9.37 Å². The molecule has 202 valence electrons. The molecule has 0 spiro atoms. The number of nitrogens with zero attached hydrogens (tertiary/aromatic N) is 1. The molecule has 2 N–H and O–H groups in total. The molecule has 1 heterocycles. The summed E-state index contributed by atoms with van der Waals surface area (Å²) in [4.78, 5) is 24.5. The Bertz CT molecular complexity index is 1160. The number of nitrogens with one attached hydrogen (secondary N) is 1. The molecule has 37 heavy (non-hydrogen) atoms. The van der Waals surface area contributed by atoms with E-state index in [9.17, 15) is 22.4 Å². The Morgan fingerprint density at radius 1 is 1.14 bits per heavy atom. The lowest BCUT2D eigenvalue weighted by Crippen LogP contribution is -2.10. The number of ketones is 1. The van der Waals surface area contributed by atoms with Crippen LogP contribution in [0.15, 0.2) is 48.7 Å². The van der Waals surface area contributed by atoms with Crippen LogP contribution >= 0.6 is 23.2 Å². The molecule has 0 radical (unpaired) electrons. The van der Waals surface area contributed by atoms with Crippen molar-refractivity contribution < 1.29 is 37.0 Å². The molecule has 12 heteroatoms. The number of aliphatic hydroxyl groups is 1. The first kappa shape index (κ1) is 33.8. The molecule has 0 atom stereocenters. The molecule has 0 bridgehead atoms. The molecule has 0 fully saturated rings. The van der Waals surface area contributed by atoms with E-state index in [0.29, 0.717) is 16.3 Å². The summed E-state index contributed by atoms with van der Waals surface area (Å²) < 4.78 is 54.9. The van der Waals surface area contributed by atoms with Crippen molar-refractivity contribution in [3.63, 3.8) is 0 Å². The van der Waals surface area contributed by atoms with E-state index in [1.54, 1.807) is 27.0 Å². The second kappa shape index (κ2) is 16.5. The Morgan fingerprint density at radius 3 is 2.22 bits per heavy atom. The van der Waals surface area contributed by atoms with E-state index in [1.165, 1.54) is 37.6 Å². The summed E-state index contributed by atoms with van der Waals surface area (Å²) in [5.41, 5.74) is 0.504. The molecule has 0 saturated carbocycles. The van der Waals surface area contributed by atoms with Crippen LogP contribution < -0.4 is 10.1 Å². The molecule has 2 aromatic carbocycles. The van der Waals surface area contributed by atoms with Crippen LogP contribution in [0.1, 0.15) is 34.1 Å². The molecule has 0 amide bonds. The fraction of sp³-hybridized carbons (Fsp3) is 0.240. The van der Waals surface area contributed by atoms with Crippen molar-refractivity contribution in [2.75, 3.05) is 26.1 Å². The fourth-order valence-corrected chi connectivity index (χ4v) is 3.03. The maximum Gasteiger partial charge on any atom is 0.417 e. The van der Waals surface area contributed by atoms with E-state index in [1.807, 2.05) is 6.79 Å². The molecule has 0 aliphatic heterocycles. The van der Waals surface area contributed by atoms with E-state index in [-0.39, 0.29) is 28.6 Å². The lowest BCUT2D eigenvalue weighted by atomic mass is 10.1. The Morgan fingerprint density at radius 2 is 1.73 bits per heavy atom. The average molecular weight is 565 g/mol. The van der Waals surface area contributed by atoms with Crippen LogP contribution in [0.25, 0.3) is 0 Å². The highest BCUT2D eigenvalue weighted by Crippen LogP contribution is 2.34. The van der Waals surface area contributed by atoms with Gasteiger partial charge in [0, 0.05) is 19.9 Å². The molecule has 0 unspecified atom stereocenters. The molecule has 3 rings (SSSR count). The van der Waals surface area contributed by atoms with Crippen molar-refractivity contribution in [3.8, 4) is 5.75 Å². The van der Waals surface area contributed by atoms with Gasteiger partial charge in [0.05, 0.1) is 34.0 Å². The molecule has 0 saturated heterocycles. The zero-order valence-electron chi connectivity index (χ0n) is 20.4. The topological polar surface area (TPSA) is 88.5 Å². The van der Waals surface area contributed by atoms with Gasteiger partial charge in [0.1, 0.15) is 24.0 Å². The van der Waals surface area contributed by atoms with Crippen molar-refractivity contribution >= 4 is 41.5 Å². The maximum atomic E-state index is 13.3. The van der Waals surface area contributed by atoms with Crippen LogP contribution in [0.5, 0.6) is 5.75 Å². The number of alkyl halides is 3. The van der Waals surface area contributed by atoms with E-state index < -0.39 is 23.3 Å². The second-order valence-electron chi connectivity index (χ2n) is 6.77. The van der Waals surface area contributed by atoms with Gasteiger partial charge in [-0.3, -0.25) is 4.79 Å². The predicted molar refractivity (Wildman–Crippen MR) is 136 cm³/mol. The quantitative estimate of drug-likeness (QED) is 0.273. The van der Waals surface area contributed by atoms with Crippen molar-refractivity contribution in [1.82, 2.24) is 4.98 Å². The van der Waals surface area contributed by atoms with Crippen LogP contribution in [0.4, 0.5) is 23.2 Å². The number of aryl methyl sites for hydroxylation is 1. The van der Waals surface area contributed by atoms with E-state index in [0.717, 1.165) is 12.1 Å². The second-order valence-corrected chi connectivity index (χ2v) is 7.61. The van der Waals surface area contributed by atoms with Gasteiger partial charge in [-0.05, 0) is 50.2 Å². The fourth-order valence-electron chi connectivity index (χ4n) is 2.65. The number of hydrogen-bond donors (Lipinski definition) is 2. The van der Waals surface area contributed by atoms with Gasteiger partial charge >= 0.3 is 6.18 Å². The van der Waals surface area contributed by atoms with Crippen LogP contribution in [0.3, 0.4) is 0 Å². The summed E-state index contributed by atoms with van der Waals surface area (Å²) in [6, 6.07) is 9.14. The number of methoxy groups -OCH3 is 1. The molecule has 3 aromatic rings. The average Bonchev–Trinajstić information content (AvgIpc) is 2.86. The van der Waals surface area contributed by atoms with Crippen molar-refractivity contribution in [2.45, 2.75) is 20.0 Å². The number of aromatic nitrogens is 1. The smallest absolute Gasteiger partial charge is 0.417 e. The summed E-state index contributed by atoms with van der Waals surface area (Å²) in [5.74, 6) is -0.674. The number of benzene rings is 2. The minimum atomic E-state index is -4.36. The summed E-state index contributed by atoms with van der Waals surface area (Å²) in [6.07, 6.45) is -3.00. The number of pyridine rings is 1. The standard InChI is InChI=1S/C14H12ClFN2O2.C8H6ClF3.C2H6O.CH2O/c1-17-11-5-8(15)7-18-13(11)14(19)10-6-9(16)3-4-12(10)20-2;1-5-2-3-7(9)6(4-5)8(10,11)12;1-2-3;1-2/h3-7,17H,1-2H3;2-4H,1H3;3H,2H2,1H3;1H2. The molecule has 0 aliphatic carbocycles. The van der Waals surface area contributed by atoms with E-state index in [2.05, 4.69) is 10.3 Å². The van der Waals surface area contributed by atoms with Gasteiger partial charge in [-0.2, -0.15) is 13.2 Å². The normalized spacial score (nSPS) is 9.92. The van der Waals surface area contributed by atoms with E-state index >= 15 is 0 Å². The minimum Gasteiger partial charge on any atom is -0.496 e.